The maximum Gasteiger partial charge on any atom is 0.123 e. The van der Waals surface area contributed by atoms with E-state index in [1.165, 1.54) is 12.1 Å². The van der Waals surface area contributed by atoms with Crippen molar-refractivity contribution in [2.45, 2.75) is 19.6 Å². The Balaban J connectivity index is 1.73. The molecule has 4 nitrogen and oxygen atoms in total. The first kappa shape index (κ1) is 11.9. The highest BCUT2D eigenvalue weighted by Gasteiger charge is 2.14. The highest BCUT2D eigenvalue weighted by molar-refractivity contribution is 5.50. The van der Waals surface area contributed by atoms with Crippen LogP contribution in [0.5, 0.6) is 0 Å². The van der Waals surface area contributed by atoms with Gasteiger partial charge in [-0.15, -0.1) is 0 Å². The Labute approximate surface area is 110 Å². The standard InChI is InChI=1S/C14H15FN4/c15-11-3-1-10(2-4-11)8-19-6-5-12-13(9-19)18-14(7-16)17-12/h1-6H,7-9,16H2,(H,17,18). The highest BCUT2D eigenvalue weighted by atomic mass is 19.1. The summed E-state index contributed by atoms with van der Waals surface area (Å²) in [5.74, 6) is 0.597. The second-order valence-electron chi connectivity index (χ2n) is 4.60. The molecule has 0 atom stereocenters. The lowest BCUT2D eigenvalue weighted by molar-refractivity contribution is 0.355. The van der Waals surface area contributed by atoms with E-state index in [0.717, 1.165) is 35.9 Å². The Bertz CT molecular complexity index is 600. The lowest BCUT2D eigenvalue weighted by atomic mass is 10.2. The van der Waals surface area contributed by atoms with E-state index in [9.17, 15) is 4.39 Å². The SMILES string of the molecule is NCc1nc2c([nH]1)CN(Cc1ccc(F)cc1)C=C2. The van der Waals surface area contributed by atoms with Crippen LogP contribution >= 0.6 is 0 Å². The van der Waals surface area contributed by atoms with Crippen molar-refractivity contribution in [1.29, 1.82) is 0 Å². The Hall–Kier alpha value is -2.14. The van der Waals surface area contributed by atoms with E-state index in [1.54, 1.807) is 12.1 Å². The average molecular weight is 258 g/mol. The zero-order valence-electron chi connectivity index (χ0n) is 10.4. The predicted octanol–water partition coefficient (Wildman–Crippen LogP) is 1.99. The van der Waals surface area contributed by atoms with Crippen LogP contribution in [0.2, 0.25) is 0 Å². The van der Waals surface area contributed by atoms with Gasteiger partial charge in [-0.1, -0.05) is 12.1 Å². The maximum atomic E-state index is 12.9. The molecule has 3 N–H and O–H groups in total. The van der Waals surface area contributed by atoms with E-state index in [2.05, 4.69) is 14.9 Å². The highest BCUT2D eigenvalue weighted by Crippen LogP contribution is 2.19. The number of nitrogens with one attached hydrogen (secondary N) is 1. The van der Waals surface area contributed by atoms with Crippen molar-refractivity contribution in [3.63, 3.8) is 0 Å². The molecule has 0 saturated heterocycles. The number of fused-ring (bicyclic) bond motifs is 1. The van der Waals surface area contributed by atoms with Crippen molar-refractivity contribution >= 4 is 6.08 Å². The van der Waals surface area contributed by atoms with E-state index < -0.39 is 0 Å². The lowest BCUT2D eigenvalue weighted by Crippen LogP contribution is -2.19. The predicted molar refractivity (Wildman–Crippen MR) is 71.2 cm³/mol. The van der Waals surface area contributed by atoms with Crippen molar-refractivity contribution in [2.24, 2.45) is 5.73 Å². The van der Waals surface area contributed by atoms with E-state index in [1.807, 2.05) is 12.3 Å². The molecule has 0 fully saturated rings. The fraction of sp³-hybridized carbons (Fsp3) is 0.214. The summed E-state index contributed by atoms with van der Waals surface area (Å²) < 4.78 is 12.9. The van der Waals surface area contributed by atoms with Crippen LogP contribution in [0.25, 0.3) is 6.08 Å². The first-order valence-corrected chi connectivity index (χ1v) is 6.19. The van der Waals surface area contributed by atoms with Gasteiger partial charge in [-0.2, -0.15) is 0 Å². The van der Waals surface area contributed by atoms with Gasteiger partial charge < -0.3 is 15.6 Å². The van der Waals surface area contributed by atoms with Crippen molar-refractivity contribution in [3.05, 3.63) is 59.1 Å². The molecule has 0 saturated carbocycles. The van der Waals surface area contributed by atoms with Gasteiger partial charge >= 0.3 is 0 Å². The second-order valence-corrected chi connectivity index (χ2v) is 4.60. The van der Waals surface area contributed by atoms with Gasteiger partial charge in [0.25, 0.3) is 0 Å². The smallest absolute Gasteiger partial charge is 0.123 e. The maximum absolute atomic E-state index is 12.9. The molecular formula is C14H15FN4. The summed E-state index contributed by atoms with van der Waals surface area (Å²) >= 11 is 0. The molecule has 98 valence electrons. The molecule has 19 heavy (non-hydrogen) atoms. The fourth-order valence-corrected chi connectivity index (χ4v) is 2.20. The third kappa shape index (κ3) is 2.51. The summed E-state index contributed by atoms with van der Waals surface area (Å²) in [7, 11) is 0. The van der Waals surface area contributed by atoms with Gasteiger partial charge in [0, 0.05) is 12.7 Å². The summed E-state index contributed by atoms with van der Waals surface area (Å²) in [4.78, 5) is 9.74. The zero-order chi connectivity index (χ0) is 13.2. The molecule has 1 aliphatic heterocycles. The van der Waals surface area contributed by atoms with Crippen molar-refractivity contribution in [2.75, 3.05) is 0 Å². The minimum atomic E-state index is -0.207. The molecule has 0 bridgehead atoms. The molecule has 0 radical (unpaired) electrons. The molecule has 2 aromatic rings. The molecule has 0 aliphatic carbocycles. The number of benzene rings is 1. The third-order valence-corrected chi connectivity index (χ3v) is 3.16. The molecule has 2 heterocycles. The van der Waals surface area contributed by atoms with Gasteiger partial charge in [0.2, 0.25) is 0 Å². The monoisotopic (exact) mass is 258 g/mol. The number of aromatic amines is 1. The number of imidazole rings is 1. The van der Waals surface area contributed by atoms with E-state index >= 15 is 0 Å². The summed E-state index contributed by atoms with van der Waals surface area (Å²) in [6, 6.07) is 6.57. The van der Waals surface area contributed by atoms with Gasteiger partial charge in [-0.05, 0) is 23.8 Å². The average Bonchev–Trinajstić information content (AvgIpc) is 2.83. The second kappa shape index (κ2) is 4.85. The van der Waals surface area contributed by atoms with E-state index in [4.69, 9.17) is 5.73 Å². The van der Waals surface area contributed by atoms with Crippen LogP contribution in [0.15, 0.2) is 30.5 Å². The van der Waals surface area contributed by atoms with Crippen LogP contribution in [0.3, 0.4) is 0 Å². The molecule has 0 amide bonds. The molecular weight excluding hydrogens is 243 g/mol. The summed E-state index contributed by atoms with van der Waals surface area (Å²) in [5.41, 5.74) is 8.67. The van der Waals surface area contributed by atoms with Crippen LogP contribution in [-0.4, -0.2) is 14.9 Å². The lowest BCUT2D eigenvalue weighted by Gasteiger charge is -2.23. The van der Waals surface area contributed by atoms with Crippen LogP contribution in [0.4, 0.5) is 4.39 Å². The Morgan fingerprint density at radius 1 is 1.32 bits per heavy atom. The summed E-state index contributed by atoms with van der Waals surface area (Å²) in [6.07, 6.45) is 3.98. The normalized spacial score (nSPS) is 13.7. The number of nitrogens with two attached hydrogens (primary N) is 1. The Kier molecular flexibility index (Phi) is 3.05. The largest absolute Gasteiger partial charge is 0.367 e. The van der Waals surface area contributed by atoms with Crippen molar-refractivity contribution < 1.29 is 4.39 Å². The number of rotatable bonds is 3. The first-order valence-electron chi connectivity index (χ1n) is 6.19. The van der Waals surface area contributed by atoms with Gasteiger partial charge in [0.1, 0.15) is 11.6 Å². The molecule has 0 unspecified atom stereocenters. The van der Waals surface area contributed by atoms with Crippen molar-refractivity contribution in [1.82, 2.24) is 14.9 Å². The first-order chi connectivity index (χ1) is 9.24. The molecule has 0 spiro atoms. The quantitative estimate of drug-likeness (QED) is 0.885. The van der Waals surface area contributed by atoms with Crippen LogP contribution in [0.1, 0.15) is 22.8 Å². The van der Waals surface area contributed by atoms with Gasteiger partial charge in [-0.25, -0.2) is 9.37 Å². The van der Waals surface area contributed by atoms with E-state index in [0.29, 0.717) is 6.54 Å². The summed E-state index contributed by atoms with van der Waals surface area (Å²) in [6.45, 7) is 1.92. The van der Waals surface area contributed by atoms with E-state index in [-0.39, 0.29) is 5.82 Å². The molecule has 3 rings (SSSR count). The Morgan fingerprint density at radius 2 is 2.11 bits per heavy atom. The van der Waals surface area contributed by atoms with Crippen LogP contribution in [0, 0.1) is 5.82 Å². The van der Waals surface area contributed by atoms with Crippen LogP contribution in [-0.2, 0) is 19.6 Å². The molecule has 1 aromatic heterocycles. The topological polar surface area (TPSA) is 57.9 Å². The number of nitrogens with zero attached hydrogens (tertiary/aromatic N) is 2. The van der Waals surface area contributed by atoms with Crippen molar-refractivity contribution in [3.8, 4) is 0 Å². The summed E-state index contributed by atoms with van der Waals surface area (Å²) in [5, 5.41) is 0. The van der Waals surface area contributed by atoms with Gasteiger partial charge in [0.05, 0.1) is 24.5 Å². The molecule has 5 heteroatoms. The molecule has 1 aromatic carbocycles. The number of aromatic nitrogens is 2. The third-order valence-electron chi connectivity index (χ3n) is 3.16. The number of hydrogen-bond acceptors (Lipinski definition) is 3. The van der Waals surface area contributed by atoms with Crippen LogP contribution < -0.4 is 5.73 Å². The number of hydrogen-bond donors (Lipinski definition) is 2. The minimum absolute atomic E-state index is 0.207. The zero-order valence-corrected chi connectivity index (χ0v) is 10.4. The molecule has 1 aliphatic rings. The number of halogens is 1. The van der Waals surface area contributed by atoms with Gasteiger partial charge in [0.15, 0.2) is 0 Å². The van der Waals surface area contributed by atoms with Gasteiger partial charge in [-0.3, -0.25) is 0 Å². The minimum Gasteiger partial charge on any atom is -0.367 e. The Morgan fingerprint density at radius 3 is 2.84 bits per heavy atom. The number of H-pyrrole nitrogens is 1. The fourth-order valence-electron chi connectivity index (χ4n) is 2.20.